The van der Waals surface area contributed by atoms with Crippen molar-refractivity contribution in [1.29, 1.82) is 0 Å². The number of primary sulfonamides is 1. The number of nitrogens with zero attached hydrogens (tertiary/aromatic N) is 1. The fourth-order valence-corrected chi connectivity index (χ4v) is 4.29. The van der Waals surface area contributed by atoms with E-state index in [0.29, 0.717) is 18.9 Å². The fraction of sp³-hybridized carbons (Fsp3) is 0.350. The third-order valence-corrected chi connectivity index (χ3v) is 6.06. The first-order valence-corrected chi connectivity index (χ1v) is 11.0. The van der Waals surface area contributed by atoms with Gasteiger partial charge in [-0.3, -0.25) is 9.69 Å². The molecule has 1 amide bonds. The van der Waals surface area contributed by atoms with Crippen LogP contribution in [0.4, 0.5) is 5.69 Å². The maximum absolute atomic E-state index is 12.5. The van der Waals surface area contributed by atoms with Crippen LogP contribution in [0.1, 0.15) is 24.4 Å². The molecule has 0 aliphatic carbocycles. The predicted octanol–water partition coefficient (Wildman–Crippen LogP) is 1.88. The van der Waals surface area contributed by atoms with Crippen molar-refractivity contribution >= 4 is 21.6 Å². The highest BCUT2D eigenvalue weighted by molar-refractivity contribution is 7.89. The summed E-state index contributed by atoms with van der Waals surface area (Å²) in [7, 11) is -3.75. The van der Waals surface area contributed by atoms with Crippen molar-refractivity contribution < 1.29 is 22.7 Å². The van der Waals surface area contributed by atoms with Gasteiger partial charge in [0.05, 0.1) is 11.4 Å². The Labute approximate surface area is 169 Å². The minimum absolute atomic E-state index is 0.00807. The molecular formula is C20H23N3O5S. The van der Waals surface area contributed by atoms with Crippen LogP contribution in [0.5, 0.6) is 11.5 Å². The molecule has 2 aromatic carbocycles. The summed E-state index contributed by atoms with van der Waals surface area (Å²) in [5, 5.41) is 7.90. The summed E-state index contributed by atoms with van der Waals surface area (Å²) in [4.78, 5) is 14.7. The molecule has 0 bridgehead atoms. The van der Waals surface area contributed by atoms with E-state index in [-0.39, 0.29) is 23.4 Å². The number of sulfonamides is 1. The van der Waals surface area contributed by atoms with Crippen molar-refractivity contribution in [1.82, 2.24) is 4.90 Å². The highest BCUT2D eigenvalue weighted by Crippen LogP contribution is 2.37. The molecule has 1 unspecified atom stereocenters. The van der Waals surface area contributed by atoms with Gasteiger partial charge in [-0.25, -0.2) is 13.6 Å². The summed E-state index contributed by atoms with van der Waals surface area (Å²) in [6, 6.07) is 11.9. The second-order valence-electron chi connectivity index (χ2n) is 7.15. The predicted molar refractivity (Wildman–Crippen MR) is 107 cm³/mol. The summed E-state index contributed by atoms with van der Waals surface area (Å²) in [6.45, 7) is 2.17. The number of benzene rings is 2. The van der Waals surface area contributed by atoms with Crippen LogP contribution in [0, 0.1) is 0 Å². The Morgan fingerprint density at radius 3 is 2.55 bits per heavy atom. The number of likely N-dealkylation sites (tertiary alicyclic amines) is 1. The van der Waals surface area contributed by atoms with Gasteiger partial charge in [0.25, 0.3) is 0 Å². The largest absolute Gasteiger partial charge is 0.486 e. The Kier molecular flexibility index (Phi) is 5.44. The fourth-order valence-electron chi connectivity index (χ4n) is 3.77. The van der Waals surface area contributed by atoms with Gasteiger partial charge in [0.15, 0.2) is 11.5 Å². The molecule has 4 rings (SSSR count). The first-order chi connectivity index (χ1) is 13.9. The molecule has 1 fully saturated rings. The number of fused-ring (bicyclic) bond motifs is 1. The maximum atomic E-state index is 12.5. The lowest BCUT2D eigenvalue weighted by atomic mass is 10.0. The molecule has 0 spiro atoms. The molecule has 8 nitrogen and oxygen atoms in total. The number of amides is 1. The van der Waals surface area contributed by atoms with Crippen LogP contribution < -0.4 is 19.9 Å². The minimum Gasteiger partial charge on any atom is -0.486 e. The van der Waals surface area contributed by atoms with Crippen LogP contribution in [0.15, 0.2) is 47.4 Å². The van der Waals surface area contributed by atoms with E-state index in [4.69, 9.17) is 14.6 Å². The molecule has 154 valence electrons. The zero-order valence-corrected chi connectivity index (χ0v) is 16.7. The SMILES string of the molecule is NS(=O)(=O)c1ccc(NC(=O)CN2CCCC2c2ccc3c(c2)OCCO3)cc1. The number of ether oxygens (including phenoxy) is 2. The molecule has 2 aromatic rings. The van der Waals surface area contributed by atoms with E-state index in [1.165, 1.54) is 24.3 Å². The zero-order chi connectivity index (χ0) is 20.4. The third kappa shape index (κ3) is 4.52. The monoisotopic (exact) mass is 417 g/mol. The normalized spacial score (nSPS) is 19.1. The van der Waals surface area contributed by atoms with Crippen molar-refractivity contribution in [2.45, 2.75) is 23.8 Å². The number of anilines is 1. The average Bonchev–Trinajstić information content (AvgIpc) is 3.15. The van der Waals surface area contributed by atoms with Gasteiger partial charge in [-0.2, -0.15) is 0 Å². The van der Waals surface area contributed by atoms with Crippen molar-refractivity contribution in [3.05, 3.63) is 48.0 Å². The highest BCUT2D eigenvalue weighted by atomic mass is 32.2. The van der Waals surface area contributed by atoms with Crippen LogP contribution in [0.2, 0.25) is 0 Å². The zero-order valence-electron chi connectivity index (χ0n) is 15.8. The Hall–Kier alpha value is -2.62. The first-order valence-electron chi connectivity index (χ1n) is 9.46. The van der Waals surface area contributed by atoms with Crippen LogP contribution in [0.3, 0.4) is 0 Å². The van der Waals surface area contributed by atoms with Gasteiger partial charge in [0, 0.05) is 11.7 Å². The maximum Gasteiger partial charge on any atom is 0.238 e. The number of hydrogen-bond acceptors (Lipinski definition) is 6. The first kappa shape index (κ1) is 19.7. The van der Waals surface area contributed by atoms with E-state index in [0.717, 1.165) is 36.4 Å². The summed E-state index contributed by atoms with van der Waals surface area (Å²) in [5.74, 6) is 1.35. The lowest BCUT2D eigenvalue weighted by Crippen LogP contribution is -2.33. The van der Waals surface area contributed by atoms with Crippen LogP contribution >= 0.6 is 0 Å². The highest BCUT2D eigenvalue weighted by Gasteiger charge is 2.28. The second-order valence-corrected chi connectivity index (χ2v) is 8.71. The summed E-state index contributed by atoms with van der Waals surface area (Å²) >= 11 is 0. The molecule has 2 aliphatic heterocycles. The van der Waals surface area contributed by atoms with Crippen molar-refractivity contribution in [3.63, 3.8) is 0 Å². The molecular weight excluding hydrogens is 394 g/mol. The number of hydrogen-bond donors (Lipinski definition) is 2. The molecule has 0 radical (unpaired) electrons. The standard InChI is InChI=1S/C20H23N3O5S/c21-29(25,26)16-6-4-15(5-7-16)22-20(24)13-23-9-1-2-17(23)14-3-8-18-19(12-14)28-11-10-27-18/h3-8,12,17H,1-2,9-11,13H2,(H,22,24)(H2,21,25,26). The van der Waals surface area contributed by atoms with Gasteiger partial charge in [-0.15, -0.1) is 0 Å². The lowest BCUT2D eigenvalue weighted by molar-refractivity contribution is -0.117. The summed E-state index contributed by atoms with van der Waals surface area (Å²) in [6.07, 6.45) is 1.98. The van der Waals surface area contributed by atoms with E-state index in [9.17, 15) is 13.2 Å². The minimum atomic E-state index is -3.75. The van der Waals surface area contributed by atoms with Crippen molar-refractivity contribution in [2.24, 2.45) is 5.14 Å². The van der Waals surface area contributed by atoms with Gasteiger partial charge in [-0.1, -0.05) is 6.07 Å². The van der Waals surface area contributed by atoms with Gasteiger partial charge < -0.3 is 14.8 Å². The molecule has 9 heteroatoms. The Morgan fingerprint density at radius 2 is 1.83 bits per heavy atom. The molecule has 29 heavy (non-hydrogen) atoms. The number of nitrogens with one attached hydrogen (secondary N) is 1. The molecule has 3 N–H and O–H groups in total. The average molecular weight is 417 g/mol. The molecule has 1 atom stereocenters. The van der Waals surface area contributed by atoms with Crippen LogP contribution in [-0.4, -0.2) is 45.5 Å². The van der Waals surface area contributed by atoms with Gasteiger partial charge in [-0.05, 0) is 61.3 Å². The number of rotatable bonds is 5. The van der Waals surface area contributed by atoms with Gasteiger partial charge in [0.1, 0.15) is 13.2 Å². The molecule has 0 saturated carbocycles. The van der Waals surface area contributed by atoms with Crippen LogP contribution in [0.25, 0.3) is 0 Å². The molecule has 1 saturated heterocycles. The Balaban J connectivity index is 1.41. The van der Waals surface area contributed by atoms with E-state index in [1.54, 1.807) is 0 Å². The Morgan fingerprint density at radius 1 is 1.10 bits per heavy atom. The van der Waals surface area contributed by atoms with Crippen molar-refractivity contribution in [2.75, 3.05) is 31.6 Å². The topological polar surface area (TPSA) is 111 Å². The van der Waals surface area contributed by atoms with E-state index < -0.39 is 10.0 Å². The molecule has 0 aromatic heterocycles. The Bertz CT molecular complexity index is 1010. The van der Waals surface area contributed by atoms with Crippen LogP contribution in [-0.2, 0) is 14.8 Å². The lowest BCUT2D eigenvalue weighted by Gasteiger charge is -2.26. The third-order valence-electron chi connectivity index (χ3n) is 5.13. The molecule has 2 aliphatic rings. The smallest absolute Gasteiger partial charge is 0.238 e. The quantitative estimate of drug-likeness (QED) is 0.769. The van der Waals surface area contributed by atoms with E-state index in [2.05, 4.69) is 10.2 Å². The van der Waals surface area contributed by atoms with Crippen molar-refractivity contribution in [3.8, 4) is 11.5 Å². The molecule has 2 heterocycles. The number of nitrogens with two attached hydrogens (primary N) is 1. The summed E-state index contributed by atoms with van der Waals surface area (Å²) < 4.78 is 33.9. The second kappa shape index (κ2) is 8.02. The number of carbonyl (C=O) groups is 1. The van der Waals surface area contributed by atoms with Gasteiger partial charge in [0.2, 0.25) is 15.9 Å². The summed E-state index contributed by atoms with van der Waals surface area (Å²) in [5.41, 5.74) is 1.63. The van der Waals surface area contributed by atoms with E-state index >= 15 is 0 Å². The van der Waals surface area contributed by atoms with E-state index in [1.807, 2.05) is 18.2 Å². The number of carbonyl (C=O) groups excluding carboxylic acids is 1. The van der Waals surface area contributed by atoms with Gasteiger partial charge >= 0.3 is 0 Å².